The molecule has 19 heavy (non-hydrogen) atoms. The molecule has 6 nitrogen and oxygen atoms in total. The van der Waals surface area contributed by atoms with E-state index < -0.39 is 0 Å². The normalized spacial score (nSPS) is 10.3. The van der Waals surface area contributed by atoms with Gasteiger partial charge in [-0.05, 0) is 24.3 Å². The van der Waals surface area contributed by atoms with Crippen LogP contribution < -0.4 is 0 Å². The Hall–Kier alpha value is -2.94. The number of benzene rings is 1. The van der Waals surface area contributed by atoms with E-state index in [4.69, 9.17) is 9.68 Å². The molecule has 0 amide bonds. The number of aromatic nitrogens is 4. The maximum atomic E-state index is 8.74. The molecule has 0 atom stereocenters. The molecule has 0 radical (unpaired) electrons. The molecule has 0 fully saturated rings. The average molecular weight is 251 g/mol. The zero-order valence-electron chi connectivity index (χ0n) is 9.89. The van der Waals surface area contributed by atoms with E-state index in [9.17, 15) is 0 Å². The molecule has 0 aliphatic heterocycles. The van der Waals surface area contributed by atoms with Gasteiger partial charge in [0.15, 0.2) is 0 Å². The molecule has 0 bridgehead atoms. The van der Waals surface area contributed by atoms with Crippen LogP contribution in [0, 0.1) is 11.3 Å². The van der Waals surface area contributed by atoms with Crippen LogP contribution in [0.5, 0.6) is 0 Å². The van der Waals surface area contributed by atoms with Crippen molar-refractivity contribution in [2.45, 2.75) is 6.54 Å². The molecule has 2 heterocycles. The molecule has 0 aliphatic rings. The van der Waals surface area contributed by atoms with Crippen molar-refractivity contribution >= 4 is 0 Å². The van der Waals surface area contributed by atoms with Crippen molar-refractivity contribution in [3.8, 4) is 17.5 Å². The lowest BCUT2D eigenvalue weighted by molar-refractivity contribution is 0.488. The lowest BCUT2D eigenvalue weighted by atomic mass is 10.1. The van der Waals surface area contributed by atoms with E-state index in [1.807, 2.05) is 10.8 Å². The summed E-state index contributed by atoms with van der Waals surface area (Å²) in [6.45, 7) is 0.489. The maximum Gasteiger partial charge on any atom is 0.247 e. The quantitative estimate of drug-likeness (QED) is 0.709. The second-order valence-corrected chi connectivity index (χ2v) is 3.93. The molecule has 2 aromatic heterocycles. The summed E-state index contributed by atoms with van der Waals surface area (Å²) in [6.07, 6.45) is 5.20. The Kier molecular flexibility index (Phi) is 2.79. The van der Waals surface area contributed by atoms with Gasteiger partial charge in [-0.3, -0.25) is 0 Å². The molecule has 0 N–H and O–H groups in total. The van der Waals surface area contributed by atoms with Gasteiger partial charge in [0.05, 0.1) is 18.0 Å². The van der Waals surface area contributed by atoms with E-state index >= 15 is 0 Å². The maximum absolute atomic E-state index is 8.74. The zero-order chi connectivity index (χ0) is 13.1. The first kappa shape index (κ1) is 11.2. The van der Waals surface area contributed by atoms with Gasteiger partial charge in [-0.2, -0.15) is 5.26 Å². The van der Waals surface area contributed by atoms with Crippen LogP contribution >= 0.6 is 0 Å². The highest BCUT2D eigenvalue weighted by atomic mass is 16.4. The fraction of sp³-hybridized carbons (Fsp3) is 0.0769. The summed E-state index contributed by atoms with van der Waals surface area (Å²) in [6, 6.07) is 9.07. The summed E-state index contributed by atoms with van der Waals surface area (Å²) in [5.41, 5.74) is 1.39. The van der Waals surface area contributed by atoms with Crippen molar-refractivity contribution in [2.75, 3.05) is 0 Å². The summed E-state index contributed by atoms with van der Waals surface area (Å²) in [7, 11) is 0. The highest BCUT2D eigenvalue weighted by molar-refractivity contribution is 5.54. The topological polar surface area (TPSA) is 80.5 Å². The van der Waals surface area contributed by atoms with Crippen LogP contribution in [0.3, 0.4) is 0 Å². The lowest BCUT2D eigenvalue weighted by Crippen LogP contribution is -1.96. The minimum atomic E-state index is 0.444. The van der Waals surface area contributed by atoms with Crippen LogP contribution in [0.4, 0.5) is 0 Å². The predicted octanol–water partition coefficient (Wildman–Crippen LogP) is 1.85. The molecule has 3 rings (SSSR count). The molecule has 1 aromatic carbocycles. The van der Waals surface area contributed by atoms with Gasteiger partial charge in [-0.15, -0.1) is 10.2 Å². The van der Waals surface area contributed by atoms with E-state index in [1.165, 1.54) is 0 Å². The number of nitriles is 1. The Morgan fingerprint density at radius 2 is 2.05 bits per heavy atom. The molecule has 0 saturated carbocycles. The van der Waals surface area contributed by atoms with E-state index in [1.54, 1.807) is 36.8 Å². The van der Waals surface area contributed by atoms with Gasteiger partial charge in [-0.25, -0.2) is 4.98 Å². The minimum absolute atomic E-state index is 0.444. The highest BCUT2D eigenvalue weighted by Crippen LogP contribution is 2.18. The Morgan fingerprint density at radius 3 is 2.74 bits per heavy atom. The first-order chi connectivity index (χ1) is 9.35. The van der Waals surface area contributed by atoms with Crippen molar-refractivity contribution in [3.05, 3.63) is 54.4 Å². The van der Waals surface area contributed by atoms with Crippen molar-refractivity contribution in [3.63, 3.8) is 0 Å². The van der Waals surface area contributed by atoms with Crippen molar-refractivity contribution in [1.82, 2.24) is 19.7 Å². The third-order valence-corrected chi connectivity index (χ3v) is 2.60. The molecule has 3 aromatic rings. The SMILES string of the molecule is N#Cc1ccc(-c2nnc(Cn3ccnc3)o2)cc1. The molecule has 92 valence electrons. The Morgan fingerprint density at radius 1 is 1.21 bits per heavy atom. The molecule has 0 unspecified atom stereocenters. The molecule has 0 spiro atoms. The molecule has 0 saturated heterocycles. The van der Waals surface area contributed by atoms with Crippen molar-refractivity contribution < 1.29 is 4.42 Å². The highest BCUT2D eigenvalue weighted by Gasteiger charge is 2.08. The Bertz CT molecular complexity index is 706. The predicted molar refractivity (Wildman–Crippen MR) is 65.8 cm³/mol. The molecule has 0 aliphatic carbocycles. The third-order valence-electron chi connectivity index (χ3n) is 2.60. The van der Waals surface area contributed by atoms with E-state index in [0.29, 0.717) is 23.9 Å². The van der Waals surface area contributed by atoms with Gasteiger partial charge in [0.2, 0.25) is 11.8 Å². The number of rotatable bonds is 3. The Labute approximate surface area is 109 Å². The van der Waals surface area contributed by atoms with Crippen molar-refractivity contribution in [1.29, 1.82) is 5.26 Å². The van der Waals surface area contributed by atoms with Gasteiger partial charge in [0.1, 0.15) is 6.54 Å². The van der Waals surface area contributed by atoms with Crippen LogP contribution in [-0.2, 0) is 6.54 Å². The number of hydrogen-bond donors (Lipinski definition) is 0. The number of nitrogens with zero attached hydrogens (tertiary/aromatic N) is 5. The molecule has 6 heteroatoms. The van der Waals surface area contributed by atoms with Crippen LogP contribution in [0.15, 0.2) is 47.4 Å². The van der Waals surface area contributed by atoms with Crippen LogP contribution in [0.1, 0.15) is 11.5 Å². The van der Waals surface area contributed by atoms with Crippen LogP contribution in [0.25, 0.3) is 11.5 Å². The Balaban J connectivity index is 1.82. The summed E-state index contributed by atoms with van der Waals surface area (Å²) in [4.78, 5) is 3.94. The summed E-state index contributed by atoms with van der Waals surface area (Å²) < 4.78 is 7.41. The van der Waals surface area contributed by atoms with E-state index in [2.05, 4.69) is 21.3 Å². The summed E-state index contributed by atoms with van der Waals surface area (Å²) >= 11 is 0. The average Bonchev–Trinajstić information content (AvgIpc) is 3.11. The first-order valence-corrected chi connectivity index (χ1v) is 5.64. The number of imidazole rings is 1. The number of hydrogen-bond acceptors (Lipinski definition) is 5. The third kappa shape index (κ3) is 2.35. The van der Waals surface area contributed by atoms with E-state index in [0.717, 1.165) is 5.56 Å². The van der Waals surface area contributed by atoms with Gasteiger partial charge in [-0.1, -0.05) is 0 Å². The van der Waals surface area contributed by atoms with Crippen LogP contribution in [0.2, 0.25) is 0 Å². The monoisotopic (exact) mass is 251 g/mol. The van der Waals surface area contributed by atoms with Gasteiger partial charge in [0.25, 0.3) is 0 Å². The lowest BCUT2D eigenvalue weighted by Gasteiger charge is -1.96. The first-order valence-electron chi connectivity index (χ1n) is 5.64. The van der Waals surface area contributed by atoms with Gasteiger partial charge >= 0.3 is 0 Å². The van der Waals surface area contributed by atoms with Crippen molar-refractivity contribution in [2.24, 2.45) is 0 Å². The largest absolute Gasteiger partial charge is 0.419 e. The second kappa shape index (κ2) is 4.74. The minimum Gasteiger partial charge on any atom is -0.419 e. The smallest absolute Gasteiger partial charge is 0.247 e. The summed E-state index contributed by atoms with van der Waals surface area (Å²) in [5.74, 6) is 0.956. The molecular formula is C13H9N5O. The summed E-state index contributed by atoms with van der Waals surface area (Å²) in [5, 5.41) is 16.7. The standard InChI is InChI=1S/C13H9N5O/c14-7-10-1-3-11(4-2-10)13-17-16-12(19-13)8-18-6-5-15-9-18/h1-6,9H,8H2. The molecular weight excluding hydrogens is 242 g/mol. The fourth-order valence-electron chi connectivity index (χ4n) is 1.66. The van der Waals surface area contributed by atoms with Gasteiger partial charge in [0, 0.05) is 18.0 Å². The van der Waals surface area contributed by atoms with Crippen LogP contribution in [-0.4, -0.2) is 19.7 Å². The fourth-order valence-corrected chi connectivity index (χ4v) is 1.66. The van der Waals surface area contributed by atoms with Gasteiger partial charge < -0.3 is 8.98 Å². The van der Waals surface area contributed by atoms with E-state index in [-0.39, 0.29) is 0 Å². The zero-order valence-corrected chi connectivity index (χ0v) is 9.89. The second-order valence-electron chi connectivity index (χ2n) is 3.93.